The van der Waals surface area contributed by atoms with Crippen LogP contribution in [0.25, 0.3) is 0 Å². The number of aliphatic hydroxyl groups excluding tert-OH is 1. The SMILES string of the molecule is O=C(NC[C@H]1CC[C@@H](Oc2cccc(F)c2)[C@@H]1O)c1ccc(=O)[nH]c1. The van der Waals surface area contributed by atoms with Crippen LogP contribution in [-0.2, 0) is 0 Å². The molecule has 0 saturated heterocycles. The van der Waals surface area contributed by atoms with E-state index in [-0.39, 0.29) is 17.4 Å². The molecule has 0 bridgehead atoms. The molecule has 0 spiro atoms. The number of H-pyrrole nitrogens is 1. The van der Waals surface area contributed by atoms with E-state index in [0.717, 1.165) is 0 Å². The summed E-state index contributed by atoms with van der Waals surface area (Å²) in [5, 5.41) is 13.1. The molecule has 0 radical (unpaired) electrons. The van der Waals surface area contributed by atoms with Crippen molar-refractivity contribution in [3.05, 3.63) is 64.3 Å². The van der Waals surface area contributed by atoms with Crippen LogP contribution in [0, 0.1) is 11.7 Å². The van der Waals surface area contributed by atoms with Crippen molar-refractivity contribution in [1.29, 1.82) is 0 Å². The molecule has 0 unspecified atom stereocenters. The van der Waals surface area contributed by atoms with Crippen LogP contribution in [0.15, 0.2) is 47.4 Å². The summed E-state index contributed by atoms with van der Waals surface area (Å²) in [5.41, 5.74) is 0.0692. The van der Waals surface area contributed by atoms with Gasteiger partial charge in [-0.15, -0.1) is 0 Å². The van der Waals surface area contributed by atoms with Gasteiger partial charge in [-0.3, -0.25) is 9.59 Å². The number of aliphatic hydroxyl groups is 1. The molecule has 1 fully saturated rings. The van der Waals surface area contributed by atoms with E-state index in [4.69, 9.17) is 4.74 Å². The van der Waals surface area contributed by atoms with Crippen LogP contribution in [0.4, 0.5) is 4.39 Å². The second-order valence-electron chi connectivity index (χ2n) is 6.09. The predicted octanol–water partition coefficient (Wildman–Crippen LogP) is 1.46. The van der Waals surface area contributed by atoms with E-state index in [9.17, 15) is 19.1 Å². The van der Waals surface area contributed by atoms with Gasteiger partial charge in [-0.2, -0.15) is 0 Å². The Balaban J connectivity index is 1.53. The minimum Gasteiger partial charge on any atom is -0.488 e. The van der Waals surface area contributed by atoms with Gasteiger partial charge in [-0.05, 0) is 31.0 Å². The van der Waals surface area contributed by atoms with Crippen LogP contribution in [0.1, 0.15) is 23.2 Å². The zero-order valence-electron chi connectivity index (χ0n) is 13.4. The molecule has 1 aliphatic carbocycles. The Morgan fingerprint density at radius 2 is 2.16 bits per heavy atom. The molecule has 1 amide bonds. The molecule has 25 heavy (non-hydrogen) atoms. The lowest BCUT2D eigenvalue weighted by atomic mass is 10.1. The summed E-state index contributed by atoms with van der Waals surface area (Å²) in [7, 11) is 0. The number of rotatable bonds is 5. The molecule has 132 valence electrons. The summed E-state index contributed by atoms with van der Waals surface area (Å²) >= 11 is 0. The third kappa shape index (κ3) is 4.24. The normalized spacial score (nSPS) is 22.6. The maximum Gasteiger partial charge on any atom is 0.252 e. The lowest BCUT2D eigenvalue weighted by Gasteiger charge is -2.21. The average Bonchev–Trinajstić information content (AvgIpc) is 2.93. The summed E-state index contributed by atoms with van der Waals surface area (Å²) in [6, 6.07) is 8.51. The Hall–Kier alpha value is -2.67. The van der Waals surface area contributed by atoms with Gasteiger partial charge in [0.1, 0.15) is 17.7 Å². The van der Waals surface area contributed by atoms with Crippen LogP contribution in [0.2, 0.25) is 0 Å². The molecule has 1 heterocycles. The van der Waals surface area contributed by atoms with Crippen LogP contribution in [0.3, 0.4) is 0 Å². The number of benzene rings is 1. The van der Waals surface area contributed by atoms with Gasteiger partial charge < -0.3 is 20.1 Å². The Morgan fingerprint density at radius 1 is 1.32 bits per heavy atom. The van der Waals surface area contributed by atoms with Crippen LogP contribution in [0.5, 0.6) is 5.75 Å². The molecule has 7 heteroatoms. The first-order chi connectivity index (χ1) is 12.0. The number of carbonyl (C=O) groups is 1. The van der Waals surface area contributed by atoms with Crippen molar-refractivity contribution >= 4 is 5.91 Å². The quantitative estimate of drug-likeness (QED) is 0.764. The predicted molar refractivity (Wildman–Crippen MR) is 88.9 cm³/mol. The molecule has 2 aromatic rings. The van der Waals surface area contributed by atoms with Crippen LogP contribution in [-0.4, -0.2) is 34.8 Å². The maximum absolute atomic E-state index is 13.2. The molecule has 3 rings (SSSR count). The molecular weight excluding hydrogens is 327 g/mol. The Morgan fingerprint density at radius 3 is 2.88 bits per heavy atom. The lowest BCUT2D eigenvalue weighted by molar-refractivity contribution is 0.0347. The van der Waals surface area contributed by atoms with E-state index >= 15 is 0 Å². The van der Waals surface area contributed by atoms with Gasteiger partial charge in [0.2, 0.25) is 5.56 Å². The van der Waals surface area contributed by atoms with Crippen molar-refractivity contribution in [3.63, 3.8) is 0 Å². The molecule has 1 aliphatic rings. The summed E-state index contributed by atoms with van der Waals surface area (Å²) < 4.78 is 18.9. The molecule has 6 nitrogen and oxygen atoms in total. The van der Waals surface area contributed by atoms with Crippen molar-refractivity contribution < 1.29 is 19.0 Å². The third-order valence-electron chi connectivity index (χ3n) is 4.34. The van der Waals surface area contributed by atoms with E-state index in [1.54, 1.807) is 12.1 Å². The fraction of sp³-hybridized carbons (Fsp3) is 0.333. The number of ether oxygens (including phenoxy) is 1. The van der Waals surface area contributed by atoms with Crippen molar-refractivity contribution in [2.75, 3.05) is 6.54 Å². The number of amides is 1. The van der Waals surface area contributed by atoms with E-state index in [1.807, 2.05) is 0 Å². The zero-order chi connectivity index (χ0) is 17.8. The Kier molecular flexibility index (Phi) is 5.14. The monoisotopic (exact) mass is 346 g/mol. The summed E-state index contributed by atoms with van der Waals surface area (Å²) in [6.07, 6.45) is 1.47. The number of halogens is 1. The number of nitrogens with one attached hydrogen (secondary N) is 2. The van der Waals surface area contributed by atoms with Gasteiger partial charge in [0.15, 0.2) is 0 Å². The molecule has 3 atom stereocenters. The Labute approximate surface area is 143 Å². The number of aromatic nitrogens is 1. The van der Waals surface area contributed by atoms with E-state index in [2.05, 4.69) is 10.3 Å². The fourth-order valence-corrected chi connectivity index (χ4v) is 2.97. The van der Waals surface area contributed by atoms with Crippen LogP contribution >= 0.6 is 0 Å². The summed E-state index contributed by atoms with van der Waals surface area (Å²) in [4.78, 5) is 25.5. The molecule has 1 aromatic carbocycles. The highest BCUT2D eigenvalue weighted by atomic mass is 19.1. The Bertz CT molecular complexity index is 787. The number of hydrogen-bond donors (Lipinski definition) is 3. The topological polar surface area (TPSA) is 91.4 Å². The first kappa shape index (κ1) is 17.2. The average molecular weight is 346 g/mol. The summed E-state index contributed by atoms with van der Waals surface area (Å²) in [5.74, 6) is -0.486. The second-order valence-corrected chi connectivity index (χ2v) is 6.09. The van der Waals surface area contributed by atoms with Gasteiger partial charge in [0.05, 0.1) is 11.7 Å². The highest BCUT2D eigenvalue weighted by Gasteiger charge is 2.36. The van der Waals surface area contributed by atoms with E-state index in [1.165, 1.54) is 30.5 Å². The highest BCUT2D eigenvalue weighted by Crippen LogP contribution is 2.29. The number of hydrogen-bond acceptors (Lipinski definition) is 4. The van der Waals surface area contributed by atoms with Gasteiger partial charge in [-0.1, -0.05) is 6.07 Å². The number of aromatic amines is 1. The molecule has 1 aromatic heterocycles. The van der Waals surface area contributed by atoms with Crippen molar-refractivity contribution in [1.82, 2.24) is 10.3 Å². The standard InChI is InChI=1S/C18H19FN2O4/c19-13-2-1-3-14(8-13)25-15-6-4-11(17(15)23)9-21-18(24)12-5-7-16(22)20-10-12/h1-3,5,7-8,10-11,15,17,23H,4,6,9H2,(H,20,22)(H,21,24)/t11-,15-,17-/m1/s1. The summed E-state index contributed by atoms with van der Waals surface area (Å²) in [6.45, 7) is 0.294. The highest BCUT2D eigenvalue weighted by molar-refractivity contribution is 5.93. The first-order valence-electron chi connectivity index (χ1n) is 8.10. The maximum atomic E-state index is 13.2. The molecule has 1 saturated carbocycles. The molecule has 0 aliphatic heterocycles. The minimum atomic E-state index is -0.751. The number of carbonyl (C=O) groups excluding carboxylic acids is 1. The molecule has 3 N–H and O–H groups in total. The first-order valence-corrected chi connectivity index (χ1v) is 8.10. The smallest absolute Gasteiger partial charge is 0.252 e. The van der Waals surface area contributed by atoms with Crippen molar-refractivity contribution in [2.24, 2.45) is 5.92 Å². The van der Waals surface area contributed by atoms with Crippen LogP contribution < -0.4 is 15.6 Å². The molecular formula is C18H19FN2O4. The van der Waals surface area contributed by atoms with Gasteiger partial charge >= 0.3 is 0 Å². The number of pyridine rings is 1. The van der Waals surface area contributed by atoms with Gasteiger partial charge in [0.25, 0.3) is 5.91 Å². The van der Waals surface area contributed by atoms with E-state index < -0.39 is 18.0 Å². The fourth-order valence-electron chi connectivity index (χ4n) is 2.97. The van der Waals surface area contributed by atoms with Gasteiger partial charge in [-0.25, -0.2) is 4.39 Å². The minimum absolute atomic E-state index is 0.148. The van der Waals surface area contributed by atoms with Gasteiger partial charge in [0, 0.05) is 30.8 Å². The third-order valence-corrected chi connectivity index (χ3v) is 4.34. The van der Waals surface area contributed by atoms with Crippen molar-refractivity contribution in [3.8, 4) is 5.75 Å². The largest absolute Gasteiger partial charge is 0.488 e. The lowest BCUT2D eigenvalue weighted by Crippen LogP contribution is -2.37. The second kappa shape index (κ2) is 7.48. The van der Waals surface area contributed by atoms with Crippen molar-refractivity contribution in [2.45, 2.75) is 25.0 Å². The zero-order valence-corrected chi connectivity index (χ0v) is 13.4. The van der Waals surface area contributed by atoms with E-state index in [0.29, 0.717) is 30.7 Å².